The number of esters is 1. The molecule has 0 spiro atoms. The molecule has 0 aliphatic heterocycles. The molecule has 11 heteroatoms. The van der Waals surface area contributed by atoms with E-state index in [0.29, 0.717) is 5.02 Å². The number of pyridine rings is 1. The zero-order valence-electron chi connectivity index (χ0n) is 15.1. The van der Waals surface area contributed by atoms with Gasteiger partial charge in [-0.2, -0.15) is 0 Å². The number of hydrogen-bond donors (Lipinski definition) is 1. The van der Waals surface area contributed by atoms with Crippen LogP contribution in [0.2, 0.25) is 5.02 Å². The Morgan fingerprint density at radius 2 is 1.86 bits per heavy atom. The normalized spacial score (nSPS) is 11.3. The topological polar surface area (TPSA) is 130 Å². The van der Waals surface area contributed by atoms with Gasteiger partial charge < -0.3 is 19.5 Å². The highest BCUT2D eigenvalue weighted by Gasteiger charge is 2.28. The number of benzene rings is 1. The van der Waals surface area contributed by atoms with Crippen LogP contribution in [0.15, 0.2) is 30.5 Å². The quantitative estimate of drug-likeness (QED) is 0.419. The largest absolute Gasteiger partial charge is 0.493 e. The molecule has 1 unspecified atom stereocenters. The van der Waals surface area contributed by atoms with E-state index in [1.54, 1.807) is 0 Å². The molecular weight excluding hydrogens is 394 g/mol. The molecule has 1 aromatic carbocycles. The van der Waals surface area contributed by atoms with Crippen LogP contribution < -0.4 is 14.8 Å². The summed E-state index contributed by atoms with van der Waals surface area (Å²) in [7, 11) is 2.62. The molecule has 2 rings (SSSR count). The van der Waals surface area contributed by atoms with Gasteiger partial charge in [-0.25, -0.2) is 9.78 Å². The van der Waals surface area contributed by atoms with Crippen molar-refractivity contribution in [2.24, 2.45) is 0 Å². The second-order valence-electron chi connectivity index (χ2n) is 5.38. The number of ether oxygens (including phenoxy) is 3. The van der Waals surface area contributed by atoms with Gasteiger partial charge in [-0.3, -0.25) is 14.9 Å². The van der Waals surface area contributed by atoms with E-state index in [-0.39, 0.29) is 22.9 Å². The van der Waals surface area contributed by atoms with E-state index in [1.807, 2.05) is 0 Å². The molecular formula is C17H16ClN3O7. The minimum Gasteiger partial charge on any atom is -0.493 e. The van der Waals surface area contributed by atoms with Crippen LogP contribution in [0.5, 0.6) is 11.5 Å². The number of halogens is 1. The van der Waals surface area contributed by atoms with Crippen LogP contribution in [-0.2, 0) is 9.53 Å². The predicted octanol–water partition coefficient (Wildman–Crippen LogP) is 2.84. The maximum absolute atomic E-state index is 12.4. The summed E-state index contributed by atoms with van der Waals surface area (Å²) in [4.78, 5) is 39.0. The number of carbonyl (C=O) groups excluding carboxylic acids is 2. The molecule has 2 aromatic rings. The number of hydrogen-bond acceptors (Lipinski definition) is 8. The highest BCUT2D eigenvalue weighted by atomic mass is 35.5. The lowest BCUT2D eigenvalue weighted by atomic mass is 10.1. The number of aromatic nitrogens is 1. The fourth-order valence-corrected chi connectivity index (χ4v) is 2.25. The number of nitro groups is 1. The lowest BCUT2D eigenvalue weighted by Gasteiger charge is -2.14. The van der Waals surface area contributed by atoms with Crippen molar-refractivity contribution in [2.45, 2.75) is 13.0 Å². The van der Waals surface area contributed by atoms with Crippen molar-refractivity contribution in [1.82, 2.24) is 4.98 Å². The molecule has 10 nitrogen and oxygen atoms in total. The standard InChI is InChI=1S/C17H16ClN3O7/c1-9(16(22)20-15-5-4-10(18)8-19-15)28-17(23)11-6-13(26-2)14(27-3)7-12(11)21(24)25/h4-9H,1-3H3,(H,19,20,22). The fraction of sp³-hybridized carbons (Fsp3) is 0.235. The van der Waals surface area contributed by atoms with Crippen molar-refractivity contribution >= 4 is 35.0 Å². The van der Waals surface area contributed by atoms with E-state index in [1.165, 1.54) is 39.5 Å². The minimum absolute atomic E-state index is 0.0744. The van der Waals surface area contributed by atoms with Crippen molar-refractivity contribution in [3.63, 3.8) is 0 Å². The van der Waals surface area contributed by atoms with Gasteiger partial charge >= 0.3 is 5.97 Å². The number of nitrogens with one attached hydrogen (secondary N) is 1. The minimum atomic E-state index is -1.25. The first-order valence-corrected chi connectivity index (χ1v) is 8.18. The smallest absolute Gasteiger partial charge is 0.346 e. The van der Waals surface area contributed by atoms with Crippen LogP contribution in [0.4, 0.5) is 11.5 Å². The Hall–Kier alpha value is -3.40. The maximum atomic E-state index is 12.4. The van der Waals surface area contributed by atoms with Gasteiger partial charge in [-0.05, 0) is 19.1 Å². The Morgan fingerprint density at radius 1 is 1.21 bits per heavy atom. The van der Waals surface area contributed by atoms with E-state index >= 15 is 0 Å². The van der Waals surface area contributed by atoms with E-state index in [9.17, 15) is 19.7 Å². The van der Waals surface area contributed by atoms with Crippen LogP contribution in [0, 0.1) is 10.1 Å². The molecule has 148 valence electrons. The molecule has 0 radical (unpaired) electrons. The van der Waals surface area contributed by atoms with Crippen LogP contribution in [0.3, 0.4) is 0 Å². The van der Waals surface area contributed by atoms with E-state index < -0.39 is 28.6 Å². The number of rotatable bonds is 7. The van der Waals surface area contributed by atoms with Gasteiger partial charge in [-0.1, -0.05) is 11.6 Å². The van der Waals surface area contributed by atoms with E-state index in [2.05, 4.69) is 10.3 Å². The summed E-state index contributed by atoms with van der Waals surface area (Å²) in [5.74, 6) is -1.37. The third-order valence-corrected chi connectivity index (χ3v) is 3.77. The van der Waals surface area contributed by atoms with Crippen LogP contribution in [0.1, 0.15) is 17.3 Å². The summed E-state index contributed by atoms with van der Waals surface area (Å²) < 4.78 is 15.1. The zero-order chi connectivity index (χ0) is 20.8. The van der Waals surface area contributed by atoms with E-state index in [0.717, 1.165) is 12.1 Å². The second-order valence-corrected chi connectivity index (χ2v) is 5.82. The Kier molecular flexibility index (Phi) is 6.72. The summed E-state index contributed by atoms with van der Waals surface area (Å²) in [5, 5.41) is 14.1. The summed E-state index contributed by atoms with van der Waals surface area (Å²) in [6, 6.07) is 5.14. The molecule has 0 saturated carbocycles. The highest BCUT2D eigenvalue weighted by Crippen LogP contribution is 2.35. The Morgan fingerprint density at radius 3 is 2.39 bits per heavy atom. The molecule has 1 aromatic heterocycles. The summed E-state index contributed by atoms with van der Waals surface area (Å²) >= 11 is 5.72. The van der Waals surface area contributed by atoms with Crippen molar-refractivity contribution in [2.75, 3.05) is 19.5 Å². The van der Waals surface area contributed by atoms with Crippen molar-refractivity contribution in [3.8, 4) is 11.5 Å². The average molecular weight is 410 g/mol. The number of carbonyl (C=O) groups is 2. The molecule has 28 heavy (non-hydrogen) atoms. The average Bonchev–Trinajstić information content (AvgIpc) is 2.68. The fourth-order valence-electron chi connectivity index (χ4n) is 2.14. The van der Waals surface area contributed by atoms with Gasteiger partial charge in [0, 0.05) is 12.3 Å². The lowest BCUT2D eigenvalue weighted by molar-refractivity contribution is -0.385. The third kappa shape index (κ3) is 4.86. The first-order chi connectivity index (χ1) is 13.3. The summed E-state index contributed by atoms with van der Waals surface area (Å²) in [6.45, 7) is 1.32. The van der Waals surface area contributed by atoms with Crippen molar-refractivity contribution < 1.29 is 28.7 Å². The lowest BCUT2D eigenvalue weighted by Crippen LogP contribution is -2.30. The number of methoxy groups -OCH3 is 2. The van der Waals surface area contributed by atoms with Gasteiger partial charge in [0.25, 0.3) is 11.6 Å². The van der Waals surface area contributed by atoms with Crippen LogP contribution in [0.25, 0.3) is 0 Å². The van der Waals surface area contributed by atoms with Gasteiger partial charge in [0.2, 0.25) is 0 Å². The third-order valence-electron chi connectivity index (χ3n) is 3.55. The zero-order valence-corrected chi connectivity index (χ0v) is 15.9. The molecule has 0 bridgehead atoms. The molecule has 0 fully saturated rings. The van der Waals surface area contributed by atoms with Gasteiger partial charge in [0.1, 0.15) is 11.4 Å². The molecule has 0 saturated heterocycles. The van der Waals surface area contributed by atoms with Gasteiger partial charge in [-0.15, -0.1) is 0 Å². The number of anilines is 1. The summed E-state index contributed by atoms with van der Waals surface area (Å²) in [5.41, 5.74) is -0.929. The van der Waals surface area contributed by atoms with Gasteiger partial charge in [0.15, 0.2) is 17.6 Å². The van der Waals surface area contributed by atoms with Crippen molar-refractivity contribution in [3.05, 3.63) is 51.2 Å². The SMILES string of the molecule is COc1cc(C(=O)OC(C)C(=O)Nc2ccc(Cl)cn2)c([N+](=O)[O-])cc1OC. The Bertz CT molecular complexity index is 902. The molecule has 1 N–H and O–H groups in total. The molecule has 1 atom stereocenters. The monoisotopic (exact) mass is 409 g/mol. The maximum Gasteiger partial charge on any atom is 0.346 e. The summed E-state index contributed by atoms with van der Waals surface area (Å²) in [6.07, 6.45) is 0.0820. The van der Waals surface area contributed by atoms with Crippen LogP contribution in [-0.4, -0.2) is 42.1 Å². The van der Waals surface area contributed by atoms with E-state index in [4.69, 9.17) is 25.8 Å². The molecule has 0 aliphatic carbocycles. The first kappa shape index (κ1) is 20.9. The molecule has 1 amide bonds. The number of nitro benzene ring substituents is 1. The Balaban J connectivity index is 2.19. The van der Waals surface area contributed by atoms with Gasteiger partial charge in [0.05, 0.1) is 30.2 Å². The Labute approximate surface area is 164 Å². The number of nitrogens with zero attached hydrogens (tertiary/aromatic N) is 2. The first-order valence-electron chi connectivity index (χ1n) is 7.80. The predicted molar refractivity (Wildman–Crippen MR) is 99.0 cm³/mol. The van der Waals surface area contributed by atoms with Crippen molar-refractivity contribution in [1.29, 1.82) is 0 Å². The molecule has 1 heterocycles. The number of amides is 1. The molecule has 0 aliphatic rings. The second kappa shape index (κ2) is 9.00. The highest BCUT2D eigenvalue weighted by molar-refractivity contribution is 6.30. The van der Waals surface area contributed by atoms with Crippen LogP contribution >= 0.6 is 11.6 Å².